The Bertz CT molecular complexity index is 623. The first kappa shape index (κ1) is 12.3. The van der Waals surface area contributed by atoms with Gasteiger partial charge in [0, 0.05) is 18.1 Å². The Labute approximate surface area is 103 Å². The van der Waals surface area contributed by atoms with Crippen LogP contribution in [0, 0.1) is 5.82 Å². The van der Waals surface area contributed by atoms with Crippen LogP contribution in [0.25, 0.3) is 11.3 Å². The molecule has 0 unspecified atom stereocenters. The first-order chi connectivity index (χ1) is 8.63. The molecule has 0 fully saturated rings. The van der Waals surface area contributed by atoms with Crippen molar-refractivity contribution in [1.82, 2.24) is 9.97 Å². The van der Waals surface area contributed by atoms with E-state index in [0.717, 1.165) is 0 Å². The third kappa shape index (κ3) is 2.40. The van der Waals surface area contributed by atoms with Crippen molar-refractivity contribution in [1.29, 1.82) is 0 Å². The van der Waals surface area contributed by atoms with Crippen molar-refractivity contribution >= 4 is 0 Å². The number of hydrogen-bond donors (Lipinski definition) is 1. The van der Waals surface area contributed by atoms with Gasteiger partial charge in [-0.15, -0.1) is 0 Å². The molecule has 0 aliphatic rings. The van der Waals surface area contributed by atoms with Crippen LogP contribution in [-0.4, -0.2) is 17.1 Å². The molecule has 0 radical (unpaired) electrons. The van der Waals surface area contributed by atoms with Gasteiger partial charge in [0.25, 0.3) is 5.56 Å². The first-order valence-corrected chi connectivity index (χ1v) is 5.58. The van der Waals surface area contributed by atoms with Crippen LogP contribution in [0.15, 0.2) is 29.1 Å². The zero-order valence-corrected chi connectivity index (χ0v) is 10.2. The van der Waals surface area contributed by atoms with Crippen molar-refractivity contribution in [3.63, 3.8) is 0 Å². The molecule has 1 N–H and O–H groups in total. The molecule has 0 aliphatic carbocycles. The predicted octanol–water partition coefficient (Wildman–Crippen LogP) is 2.15. The summed E-state index contributed by atoms with van der Waals surface area (Å²) in [6, 6.07) is 5.45. The SMILES string of the molecule is CCc1nc(-c2cc(F)ccc2OC)cc(=O)[nH]1. The van der Waals surface area contributed by atoms with Gasteiger partial charge in [-0.2, -0.15) is 0 Å². The Morgan fingerprint density at radius 2 is 2.17 bits per heavy atom. The number of ether oxygens (including phenoxy) is 1. The van der Waals surface area contributed by atoms with Crippen molar-refractivity contribution in [2.24, 2.45) is 0 Å². The molecular formula is C13H13FN2O2. The molecule has 2 rings (SSSR count). The number of nitrogens with one attached hydrogen (secondary N) is 1. The molecule has 94 valence electrons. The van der Waals surface area contributed by atoms with Gasteiger partial charge in [0.1, 0.15) is 17.4 Å². The van der Waals surface area contributed by atoms with Crippen molar-refractivity contribution in [3.8, 4) is 17.0 Å². The van der Waals surface area contributed by atoms with Crippen LogP contribution in [0.2, 0.25) is 0 Å². The van der Waals surface area contributed by atoms with Crippen LogP contribution in [0.5, 0.6) is 5.75 Å². The van der Waals surface area contributed by atoms with Gasteiger partial charge < -0.3 is 9.72 Å². The lowest BCUT2D eigenvalue weighted by atomic mass is 10.1. The fourth-order valence-electron chi connectivity index (χ4n) is 1.69. The summed E-state index contributed by atoms with van der Waals surface area (Å²) in [5, 5.41) is 0. The summed E-state index contributed by atoms with van der Waals surface area (Å²) in [6.45, 7) is 1.88. The second-order valence-electron chi connectivity index (χ2n) is 3.78. The molecule has 0 saturated heterocycles. The monoisotopic (exact) mass is 248 g/mol. The molecule has 0 aliphatic heterocycles. The highest BCUT2D eigenvalue weighted by Crippen LogP contribution is 2.28. The fraction of sp³-hybridized carbons (Fsp3) is 0.231. The minimum atomic E-state index is -0.397. The highest BCUT2D eigenvalue weighted by molar-refractivity contribution is 5.66. The van der Waals surface area contributed by atoms with Crippen LogP contribution in [0.3, 0.4) is 0 Å². The highest BCUT2D eigenvalue weighted by atomic mass is 19.1. The van der Waals surface area contributed by atoms with E-state index in [1.165, 1.54) is 31.4 Å². The lowest BCUT2D eigenvalue weighted by molar-refractivity contribution is 0.415. The molecule has 1 aromatic heterocycles. The minimum absolute atomic E-state index is 0.261. The maximum Gasteiger partial charge on any atom is 0.251 e. The molecule has 0 spiro atoms. The van der Waals surface area contributed by atoms with E-state index < -0.39 is 5.82 Å². The van der Waals surface area contributed by atoms with E-state index in [9.17, 15) is 9.18 Å². The van der Waals surface area contributed by atoms with Gasteiger partial charge in [-0.05, 0) is 18.2 Å². The number of H-pyrrole nitrogens is 1. The van der Waals surface area contributed by atoms with E-state index in [-0.39, 0.29) is 5.56 Å². The average Bonchev–Trinajstić information content (AvgIpc) is 2.38. The number of aromatic nitrogens is 2. The molecule has 18 heavy (non-hydrogen) atoms. The maximum atomic E-state index is 13.3. The maximum absolute atomic E-state index is 13.3. The lowest BCUT2D eigenvalue weighted by Gasteiger charge is -2.08. The summed E-state index contributed by atoms with van der Waals surface area (Å²) < 4.78 is 18.4. The number of hydrogen-bond acceptors (Lipinski definition) is 3. The van der Waals surface area contributed by atoms with Gasteiger partial charge in [-0.1, -0.05) is 6.92 Å². The largest absolute Gasteiger partial charge is 0.496 e. The molecule has 0 atom stereocenters. The average molecular weight is 248 g/mol. The van der Waals surface area contributed by atoms with Crippen molar-refractivity contribution in [2.45, 2.75) is 13.3 Å². The zero-order valence-electron chi connectivity index (χ0n) is 10.2. The van der Waals surface area contributed by atoms with Gasteiger partial charge in [0.05, 0.1) is 12.8 Å². The molecule has 5 heteroatoms. The Kier molecular flexibility index (Phi) is 3.41. The summed E-state index contributed by atoms with van der Waals surface area (Å²) in [5.41, 5.74) is 0.619. The normalized spacial score (nSPS) is 10.4. The van der Waals surface area contributed by atoms with E-state index in [1.54, 1.807) is 0 Å². The predicted molar refractivity (Wildman–Crippen MR) is 66.2 cm³/mol. The van der Waals surface area contributed by atoms with Gasteiger partial charge >= 0.3 is 0 Å². The first-order valence-electron chi connectivity index (χ1n) is 5.58. The summed E-state index contributed by atoms with van der Waals surface area (Å²) >= 11 is 0. The highest BCUT2D eigenvalue weighted by Gasteiger charge is 2.10. The van der Waals surface area contributed by atoms with E-state index >= 15 is 0 Å². The van der Waals surface area contributed by atoms with Gasteiger partial charge in [0.2, 0.25) is 0 Å². The number of nitrogens with zero attached hydrogens (tertiary/aromatic N) is 1. The number of rotatable bonds is 3. The van der Waals surface area contributed by atoms with Crippen molar-refractivity contribution in [2.75, 3.05) is 7.11 Å². The fourth-order valence-corrected chi connectivity index (χ4v) is 1.69. The van der Waals surface area contributed by atoms with E-state index in [1.807, 2.05) is 6.92 Å². The summed E-state index contributed by atoms with van der Waals surface area (Å²) in [6.07, 6.45) is 0.598. The van der Waals surface area contributed by atoms with Crippen LogP contribution in [-0.2, 0) is 6.42 Å². The quantitative estimate of drug-likeness (QED) is 0.905. The van der Waals surface area contributed by atoms with E-state index in [2.05, 4.69) is 9.97 Å². The Hall–Kier alpha value is -2.17. The molecule has 2 aromatic rings. The Balaban J connectivity index is 2.64. The molecule has 1 aromatic carbocycles. The smallest absolute Gasteiger partial charge is 0.251 e. The second kappa shape index (κ2) is 5.00. The molecule has 0 saturated carbocycles. The summed E-state index contributed by atoms with van der Waals surface area (Å²) in [4.78, 5) is 18.4. The molecule has 0 amide bonds. The third-order valence-electron chi connectivity index (χ3n) is 2.56. The summed E-state index contributed by atoms with van der Waals surface area (Å²) in [5.74, 6) is 0.645. The van der Waals surface area contributed by atoms with Crippen LogP contribution in [0.1, 0.15) is 12.7 Å². The van der Waals surface area contributed by atoms with E-state index in [0.29, 0.717) is 29.3 Å². The van der Waals surface area contributed by atoms with Gasteiger partial charge in [-0.25, -0.2) is 9.37 Å². The van der Waals surface area contributed by atoms with E-state index in [4.69, 9.17) is 4.74 Å². The molecule has 1 heterocycles. The Morgan fingerprint density at radius 1 is 1.39 bits per heavy atom. The number of aromatic amines is 1. The van der Waals surface area contributed by atoms with Crippen molar-refractivity contribution < 1.29 is 9.13 Å². The standard InChI is InChI=1S/C13H13FN2O2/c1-3-12-15-10(7-13(17)16-12)9-6-8(14)4-5-11(9)18-2/h4-7H,3H2,1-2H3,(H,15,16,17). The minimum Gasteiger partial charge on any atom is -0.496 e. The second-order valence-corrected chi connectivity index (χ2v) is 3.78. The van der Waals surface area contributed by atoms with Crippen LogP contribution < -0.4 is 10.3 Å². The summed E-state index contributed by atoms with van der Waals surface area (Å²) in [7, 11) is 1.49. The topological polar surface area (TPSA) is 55.0 Å². The third-order valence-corrected chi connectivity index (χ3v) is 2.56. The zero-order chi connectivity index (χ0) is 13.1. The Morgan fingerprint density at radius 3 is 2.83 bits per heavy atom. The molecule has 4 nitrogen and oxygen atoms in total. The number of benzene rings is 1. The number of halogens is 1. The van der Waals surface area contributed by atoms with Crippen LogP contribution in [0.4, 0.5) is 4.39 Å². The van der Waals surface area contributed by atoms with Crippen LogP contribution >= 0.6 is 0 Å². The van der Waals surface area contributed by atoms with Crippen molar-refractivity contribution in [3.05, 3.63) is 46.3 Å². The lowest BCUT2D eigenvalue weighted by Crippen LogP contribution is -2.10. The molecular weight excluding hydrogens is 235 g/mol. The number of methoxy groups -OCH3 is 1. The number of aryl methyl sites for hydroxylation is 1. The van der Waals surface area contributed by atoms with Gasteiger partial charge in [0.15, 0.2) is 0 Å². The molecule has 0 bridgehead atoms. The van der Waals surface area contributed by atoms with Gasteiger partial charge in [-0.3, -0.25) is 4.79 Å².